The quantitative estimate of drug-likeness (QED) is 0.613. The Kier molecular flexibility index (Phi) is 6.41. The first-order valence-electron chi connectivity index (χ1n) is 10.7. The van der Waals surface area contributed by atoms with Crippen LogP contribution in [0.1, 0.15) is 36.6 Å². The molecule has 0 aromatic carbocycles. The van der Waals surface area contributed by atoms with Crippen LogP contribution in [0, 0.1) is 6.92 Å². The number of rotatable bonds is 6. The molecule has 1 aromatic rings. The monoisotopic (exact) mass is 469 g/mol. The van der Waals surface area contributed by atoms with Gasteiger partial charge in [0.15, 0.2) is 9.84 Å². The average Bonchev–Trinajstić information content (AvgIpc) is 3.38. The number of aryl methyl sites for hydroxylation is 1. The molecule has 2 aliphatic heterocycles. The zero-order chi connectivity index (χ0) is 22.2. The second-order valence-electron chi connectivity index (χ2n) is 8.57. The van der Waals surface area contributed by atoms with E-state index in [-0.39, 0.29) is 29.4 Å². The van der Waals surface area contributed by atoms with Crippen molar-refractivity contribution in [3.8, 4) is 0 Å². The molecule has 11 heteroatoms. The van der Waals surface area contributed by atoms with Gasteiger partial charge in [0, 0.05) is 43.9 Å². The minimum Gasteiger partial charge on any atom is -0.352 e. The van der Waals surface area contributed by atoms with E-state index in [1.807, 2.05) is 0 Å². The van der Waals surface area contributed by atoms with Crippen LogP contribution in [0.25, 0.3) is 6.08 Å². The van der Waals surface area contributed by atoms with Gasteiger partial charge in [-0.1, -0.05) is 11.6 Å². The molecule has 1 unspecified atom stereocenters. The zero-order valence-corrected chi connectivity index (χ0v) is 19.2. The lowest BCUT2D eigenvalue weighted by Crippen LogP contribution is -2.51. The Morgan fingerprint density at radius 3 is 2.52 bits per heavy atom. The average molecular weight is 470 g/mol. The maximum atomic E-state index is 12.6. The number of halogens is 1. The van der Waals surface area contributed by atoms with E-state index < -0.39 is 9.84 Å². The molecule has 3 fully saturated rings. The highest BCUT2D eigenvalue weighted by Crippen LogP contribution is 2.30. The molecule has 0 radical (unpaired) electrons. The molecular formula is C20H28ClN5O4S. The number of sulfone groups is 1. The molecule has 1 aliphatic carbocycles. The van der Waals surface area contributed by atoms with Crippen LogP contribution in [-0.4, -0.2) is 90.1 Å². The van der Waals surface area contributed by atoms with Crippen molar-refractivity contribution in [2.75, 3.05) is 44.2 Å². The van der Waals surface area contributed by atoms with Gasteiger partial charge in [0.25, 0.3) is 0 Å². The Hall–Kier alpha value is -1.91. The predicted molar refractivity (Wildman–Crippen MR) is 118 cm³/mol. The first kappa shape index (κ1) is 22.3. The normalized spacial score (nSPS) is 24.1. The van der Waals surface area contributed by atoms with Gasteiger partial charge in [-0.15, -0.1) is 0 Å². The summed E-state index contributed by atoms with van der Waals surface area (Å²) in [5, 5.41) is 7.75. The number of hydrogen-bond donors (Lipinski definition) is 1. The van der Waals surface area contributed by atoms with Gasteiger partial charge in [-0.3, -0.25) is 14.5 Å². The molecule has 2 amide bonds. The third-order valence-corrected chi connectivity index (χ3v) is 8.14. The number of aromatic nitrogens is 2. The van der Waals surface area contributed by atoms with Crippen molar-refractivity contribution in [2.24, 2.45) is 0 Å². The second-order valence-corrected chi connectivity index (χ2v) is 11.2. The summed E-state index contributed by atoms with van der Waals surface area (Å²) in [6, 6.07) is 0.0949. The maximum absolute atomic E-state index is 12.6. The highest BCUT2D eigenvalue weighted by Gasteiger charge is 2.32. The van der Waals surface area contributed by atoms with E-state index in [1.165, 1.54) is 6.08 Å². The topological polar surface area (TPSA) is 105 Å². The molecule has 3 heterocycles. The molecule has 1 aromatic heterocycles. The molecule has 0 bridgehead atoms. The van der Waals surface area contributed by atoms with E-state index >= 15 is 0 Å². The van der Waals surface area contributed by atoms with Crippen molar-refractivity contribution >= 4 is 39.3 Å². The fraction of sp³-hybridized carbons (Fsp3) is 0.650. The van der Waals surface area contributed by atoms with Crippen molar-refractivity contribution in [3.05, 3.63) is 22.5 Å². The van der Waals surface area contributed by atoms with E-state index in [1.54, 1.807) is 22.6 Å². The van der Waals surface area contributed by atoms with Crippen molar-refractivity contribution in [2.45, 2.75) is 38.3 Å². The van der Waals surface area contributed by atoms with Gasteiger partial charge in [0.05, 0.1) is 29.8 Å². The maximum Gasteiger partial charge on any atom is 0.246 e. The van der Waals surface area contributed by atoms with Crippen LogP contribution < -0.4 is 5.32 Å². The fourth-order valence-electron chi connectivity index (χ4n) is 4.02. The van der Waals surface area contributed by atoms with Crippen LogP contribution in [0.4, 0.5) is 0 Å². The van der Waals surface area contributed by atoms with E-state index in [0.29, 0.717) is 61.6 Å². The standard InChI is InChI=1S/C20H28ClN5O4S/c1-14-17(20(21)26(23-14)16-6-11-31(29,30)13-16)4-5-19(28)25-9-7-24(8-10-25)12-18(27)22-15-2-3-15/h4-5,15-16H,2-3,6-13H2,1H3,(H,22,27). The second kappa shape index (κ2) is 8.91. The number of nitrogens with one attached hydrogen (secondary N) is 1. The summed E-state index contributed by atoms with van der Waals surface area (Å²) < 4.78 is 25.1. The Balaban J connectivity index is 1.32. The van der Waals surface area contributed by atoms with Gasteiger partial charge >= 0.3 is 0 Å². The Morgan fingerprint density at radius 1 is 1.19 bits per heavy atom. The van der Waals surface area contributed by atoms with Crippen molar-refractivity contribution < 1.29 is 18.0 Å². The van der Waals surface area contributed by atoms with Gasteiger partial charge in [0.1, 0.15) is 5.15 Å². The summed E-state index contributed by atoms with van der Waals surface area (Å²) in [5.74, 6) is 0.122. The van der Waals surface area contributed by atoms with Gasteiger partial charge in [-0.2, -0.15) is 5.10 Å². The first-order chi connectivity index (χ1) is 14.7. The number of carbonyl (C=O) groups is 2. The first-order valence-corrected chi connectivity index (χ1v) is 12.9. The van der Waals surface area contributed by atoms with Crippen LogP contribution >= 0.6 is 11.6 Å². The van der Waals surface area contributed by atoms with Gasteiger partial charge < -0.3 is 10.2 Å². The minimum absolute atomic E-state index is 0.0406. The molecular weight excluding hydrogens is 442 g/mol. The summed E-state index contributed by atoms with van der Waals surface area (Å²) in [7, 11) is -3.05. The van der Waals surface area contributed by atoms with Crippen molar-refractivity contribution in [3.63, 3.8) is 0 Å². The highest BCUT2D eigenvalue weighted by molar-refractivity contribution is 7.91. The van der Waals surface area contributed by atoms with Gasteiger partial charge in [-0.05, 0) is 32.3 Å². The molecule has 0 spiro atoms. The fourth-order valence-corrected chi connectivity index (χ4v) is 6.09. The number of amides is 2. The zero-order valence-electron chi connectivity index (χ0n) is 17.6. The lowest BCUT2D eigenvalue weighted by Gasteiger charge is -2.33. The van der Waals surface area contributed by atoms with Crippen LogP contribution in [0.3, 0.4) is 0 Å². The Bertz CT molecular complexity index is 993. The molecule has 9 nitrogen and oxygen atoms in total. The van der Waals surface area contributed by atoms with Crippen LogP contribution in [0.5, 0.6) is 0 Å². The largest absolute Gasteiger partial charge is 0.352 e. The Labute approximate surface area is 187 Å². The summed E-state index contributed by atoms with van der Waals surface area (Å²) in [5.41, 5.74) is 1.29. The molecule has 2 saturated heterocycles. The summed E-state index contributed by atoms with van der Waals surface area (Å²) in [6.07, 6.45) is 5.78. The summed E-state index contributed by atoms with van der Waals surface area (Å²) in [6.45, 7) is 4.61. The molecule has 4 rings (SSSR count). The van der Waals surface area contributed by atoms with E-state index in [4.69, 9.17) is 11.6 Å². The van der Waals surface area contributed by atoms with E-state index in [2.05, 4.69) is 15.3 Å². The van der Waals surface area contributed by atoms with Crippen LogP contribution in [0.2, 0.25) is 5.15 Å². The highest BCUT2D eigenvalue weighted by atomic mass is 35.5. The number of piperazine rings is 1. The molecule has 1 atom stereocenters. The van der Waals surface area contributed by atoms with Crippen LogP contribution in [-0.2, 0) is 19.4 Å². The minimum atomic E-state index is -3.05. The molecule has 170 valence electrons. The number of carbonyl (C=O) groups excluding carboxylic acids is 2. The van der Waals surface area contributed by atoms with Crippen molar-refractivity contribution in [1.29, 1.82) is 0 Å². The lowest BCUT2D eigenvalue weighted by molar-refractivity contribution is -0.128. The van der Waals surface area contributed by atoms with E-state index in [9.17, 15) is 18.0 Å². The Morgan fingerprint density at radius 2 is 1.90 bits per heavy atom. The number of hydrogen-bond acceptors (Lipinski definition) is 6. The third-order valence-electron chi connectivity index (χ3n) is 6.01. The number of nitrogens with zero attached hydrogens (tertiary/aromatic N) is 4. The smallest absolute Gasteiger partial charge is 0.246 e. The molecule has 1 N–H and O–H groups in total. The molecule has 3 aliphatic rings. The lowest BCUT2D eigenvalue weighted by atomic mass is 10.2. The third kappa shape index (κ3) is 5.48. The SMILES string of the molecule is Cc1nn(C2CCS(=O)(=O)C2)c(Cl)c1C=CC(=O)N1CCN(CC(=O)NC2CC2)CC1. The van der Waals surface area contributed by atoms with Gasteiger partial charge in [0.2, 0.25) is 11.8 Å². The predicted octanol–water partition coefficient (Wildman–Crippen LogP) is 0.641. The van der Waals surface area contributed by atoms with Gasteiger partial charge in [-0.25, -0.2) is 13.1 Å². The summed E-state index contributed by atoms with van der Waals surface area (Å²) >= 11 is 6.46. The summed E-state index contributed by atoms with van der Waals surface area (Å²) in [4.78, 5) is 28.4. The van der Waals surface area contributed by atoms with E-state index in [0.717, 1.165) is 12.8 Å². The van der Waals surface area contributed by atoms with Crippen molar-refractivity contribution in [1.82, 2.24) is 24.9 Å². The molecule has 1 saturated carbocycles. The van der Waals surface area contributed by atoms with Crippen LogP contribution in [0.15, 0.2) is 6.08 Å². The molecule has 31 heavy (non-hydrogen) atoms.